The Morgan fingerprint density at radius 2 is 1.10 bits per heavy atom. The van der Waals surface area contributed by atoms with Crippen molar-refractivity contribution < 1.29 is 25.0 Å². The van der Waals surface area contributed by atoms with E-state index < -0.39 is 26.1 Å². The molecular formula is C27H18N4O8. The second-order valence-corrected chi connectivity index (χ2v) is 8.71. The lowest BCUT2D eigenvalue weighted by Crippen LogP contribution is -2.01. The van der Waals surface area contributed by atoms with Gasteiger partial charge in [-0.1, -0.05) is 36.4 Å². The molecule has 12 nitrogen and oxygen atoms in total. The van der Waals surface area contributed by atoms with Gasteiger partial charge in [0.2, 0.25) is 0 Å². The molecule has 2 N–H and O–H groups in total. The minimum absolute atomic E-state index is 0.0578. The molecule has 4 aromatic rings. The van der Waals surface area contributed by atoms with E-state index in [1.807, 2.05) is 0 Å². The molecule has 194 valence electrons. The van der Waals surface area contributed by atoms with Crippen LogP contribution in [0.4, 0.5) is 22.7 Å². The molecule has 0 fully saturated rings. The first kappa shape index (κ1) is 25.3. The van der Waals surface area contributed by atoms with Crippen LogP contribution >= 0.6 is 0 Å². The van der Waals surface area contributed by atoms with Crippen molar-refractivity contribution in [3.8, 4) is 22.3 Å². The van der Waals surface area contributed by atoms with E-state index in [2.05, 4.69) is 4.99 Å². The van der Waals surface area contributed by atoms with Gasteiger partial charge in [0, 0.05) is 34.9 Å². The first-order valence-electron chi connectivity index (χ1n) is 11.5. The van der Waals surface area contributed by atoms with Crippen molar-refractivity contribution in [3.05, 3.63) is 125 Å². The maximum atomic E-state index is 12.2. The highest BCUT2D eigenvalue weighted by molar-refractivity contribution is 6.28. The lowest BCUT2D eigenvalue weighted by molar-refractivity contribution is -0.393. The molecule has 39 heavy (non-hydrogen) atoms. The molecule has 1 aliphatic rings. The number of hydrogen-bond donors (Lipinski definition) is 2. The zero-order chi connectivity index (χ0) is 27.8. The number of hydrogen-bond acceptors (Lipinski definition) is 9. The van der Waals surface area contributed by atoms with E-state index in [0.29, 0.717) is 27.9 Å². The third-order valence-electron chi connectivity index (χ3n) is 6.41. The molecule has 12 heteroatoms. The van der Waals surface area contributed by atoms with E-state index in [9.17, 15) is 40.6 Å². The molecule has 0 aromatic heterocycles. The fourth-order valence-corrected chi connectivity index (χ4v) is 4.59. The Hall–Kier alpha value is -5.33. The van der Waals surface area contributed by atoms with Gasteiger partial charge >= 0.3 is 0 Å². The second kappa shape index (κ2) is 9.85. The number of rotatable bonds is 7. The van der Waals surface area contributed by atoms with Gasteiger partial charge in [-0.2, -0.15) is 0 Å². The number of aliphatic hydroxyl groups is 2. The van der Waals surface area contributed by atoms with Crippen LogP contribution in [0, 0.1) is 30.3 Å². The summed E-state index contributed by atoms with van der Waals surface area (Å²) >= 11 is 0. The second-order valence-electron chi connectivity index (χ2n) is 8.71. The number of nitro benzene ring substituents is 3. The van der Waals surface area contributed by atoms with Gasteiger partial charge in [0.15, 0.2) is 0 Å². The summed E-state index contributed by atoms with van der Waals surface area (Å²) in [6.07, 6.45) is 0. The molecular weight excluding hydrogens is 508 g/mol. The largest absolute Gasteiger partial charge is 0.392 e. The van der Waals surface area contributed by atoms with Gasteiger partial charge < -0.3 is 10.2 Å². The maximum Gasteiger partial charge on any atom is 0.284 e. The normalized spacial score (nSPS) is 12.7. The number of nitro groups is 3. The predicted molar refractivity (Wildman–Crippen MR) is 141 cm³/mol. The quantitative estimate of drug-likeness (QED) is 0.214. The van der Waals surface area contributed by atoms with Gasteiger partial charge in [-0.3, -0.25) is 30.3 Å². The van der Waals surface area contributed by atoms with Gasteiger partial charge in [-0.15, -0.1) is 0 Å². The van der Waals surface area contributed by atoms with Crippen LogP contribution in [0.15, 0.2) is 77.8 Å². The van der Waals surface area contributed by atoms with Crippen LogP contribution in [0.25, 0.3) is 22.3 Å². The molecule has 0 atom stereocenters. The fourth-order valence-electron chi connectivity index (χ4n) is 4.59. The van der Waals surface area contributed by atoms with Gasteiger partial charge in [0.05, 0.1) is 51.0 Å². The lowest BCUT2D eigenvalue weighted by Gasteiger charge is -2.11. The third kappa shape index (κ3) is 4.50. The van der Waals surface area contributed by atoms with Crippen LogP contribution in [0.1, 0.15) is 22.3 Å². The molecule has 0 amide bonds. The van der Waals surface area contributed by atoms with Crippen molar-refractivity contribution in [1.82, 2.24) is 0 Å². The SMILES string of the molecule is O=[N+]([O-])c1cc2c(c(-c3ccc(CO)cc3)c1)-c1c(cc([N+](=O)[O-])cc1[N+](=O)[O-])C2=Nc1ccc(CO)cc1. The Kier molecular flexibility index (Phi) is 6.40. The molecule has 0 saturated heterocycles. The number of aliphatic imine (C=N–C) groups is 1. The van der Waals surface area contributed by atoms with E-state index in [-0.39, 0.29) is 46.9 Å². The highest BCUT2D eigenvalue weighted by atomic mass is 16.6. The number of non-ortho nitro benzene ring substituents is 2. The van der Waals surface area contributed by atoms with E-state index >= 15 is 0 Å². The van der Waals surface area contributed by atoms with Gasteiger partial charge in [-0.05, 0) is 34.4 Å². The average Bonchev–Trinajstić information content (AvgIpc) is 3.25. The zero-order valence-electron chi connectivity index (χ0n) is 20.0. The van der Waals surface area contributed by atoms with Crippen LogP contribution in [-0.2, 0) is 13.2 Å². The number of aliphatic hydroxyl groups excluding tert-OH is 2. The monoisotopic (exact) mass is 526 g/mol. The topological polar surface area (TPSA) is 182 Å². The zero-order valence-corrected chi connectivity index (χ0v) is 20.0. The van der Waals surface area contributed by atoms with Gasteiger partial charge in [-0.25, -0.2) is 4.99 Å². The Bertz CT molecular complexity index is 1700. The molecule has 4 aromatic carbocycles. The Labute approximate surface area is 219 Å². The van der Waals surface area contributed by atoms with Crippen LogP contribution < -0.4 is 0 Å². The highest BCUT2D eigenvalue weighted by Crippen LogP contribution is 2.50. The van der Waals surface area contributed by atoms with Gasteiger partial charge in [0.25, 0.3) is 17.1 Å². The summed E-state index contributed by atoms with van der Waals surface area (Å²) in [4.78, 5) is 38.3. The Balaban J connectivity index is 1.90. The van der Waals surface area contributed by atoms with Gasteiger partial charge in [0.1, 0.15) is 0 Å². The smallest absolute Gasteiger partial charge is 0.284 e. The van der Waals surface area contributed by atoms with Crippen LogP contribution in [0.5, 0.6) is 0 Å². The summed E-state index contributed by atoms with van der Waals surface area (Å²) in [6, 6.07) is 17.5. The molecule has 0 bridgehead atoms. The minimum atomic E-state index is -0.749. The molecule has 0 spiro atoms. The Morgan fingerprint density at radius 3 is 1.62 bits per heavy atom. The summed E-state index contributed by atoms with van der Waals surface area (Å²) < 4.78 is 0. The number of fused-ring (bicyclic) bond motifs is 3. The fraction of sp³-hybridized carbons (Fsp3) is 0.0741. The van der Waals surface area contributed by atoms with E-state index in [1.54, 1.807) is 48.5 Å². The van der Waals surface area contributed by atoms with Crippen molar-refractivity contribution in [2.75, 3.05) is 0 Å². The van der Waals surface area contributed by atoms with Crippen molar-refractivity contribution in [3.63, 3.8) is 0 Å². The van der Waals surface area contributed by atoms with Crippen molar-refractivity contribution >= 4 is 28.5 Å². The molecule has 5 rings (SSSR count). The van der Waals surface area contributed by atoms with E-state index in [4.69, 9.17) is 0 Å². The maximum absolute atomic E-state index is 12.2. The third-order valence-corrected chi connectivity index (χ3v) is 6.41. The highest BCUT2D eigenvalue weighted by Gasteiger charge is 2.38. The molecule has 0 unspecified atom stereocenters. The van der Waals surface area contributed by atoms with Crippen LogP contribution in [0.2, 0.25) is 0 Å². The molecule has 0 saturated carbocycles. The predicted octanol–water partition coefficient (Wildman–Crippen LogP) is 5.21. The van der Waals surface area contributed by atoms with Crippen LogP contribution in [-0.4, -0.2) is 30.7 Å². The average molecular weight is 526 g/mol. The first-order chi connectivity index (χ1) is 18.7. The van der Waals surface area contributed by atoms with E-state index in [1.165, 1.54) is 18.2 Å². The molecule has 0 radical (unpaired) electrons. The standard InChI is InChI=1S/C27H18N4O8/c32-13-15-1-5-17(6-2-15)21-9-19(29(34)35)10-22-25(21)26-23(11-20(30(36)37)12-24(26)31(38)39)27(22)28-18-7-3-16(14-33)4-8-18/h1-12,32-33H,13-14H2. The summed E-state index contributed by atoms with van der Waals surface area (Å²) in [5.74, 6) is 0. The lowest BCUT2D eigenvalue weighted by atomic mass is 9.92. The summed E-state index contributed by atoms with van der Waals surface area (Å²) in [5, 5.41) is 54.6. The minimum Gasteiger partial charge on any atom is -0.392 e. The van der Waals surface area contributed by atoms with Crippen molar-refractivity contribution in [1.29, 1.82) is 0 Å². The summed E-state index contributed by atoms with van der Waals surface area (Å²) in [7, 11) is 0. The number of nitrogens with zero attached hydrogens (tertiary/aromatic N) is 4. The first-order valence-corrected chi connectivity index (χ1v) is 11.5. The van der Waals surface area contributed by atoms with Crippen LogP contribution in [0.3, 0.4) is 0 Å². The Morgan fingerprint density at radius 1 is 0.615 bits per heavy atom. The number of benzene rings is 4. The van der Waals surface area contributed by atoms with Crippen molar-refractivity contribution in [2.45, 2.75) is 13.2 Å². The summed E-state index contributed by atoms with van der Waals surface area (Å²) in [6.45, 7) is -0.428. The molecule has 0 heterocycles. The molecule has 1 aliphatic carbocycles. The van der Waals surface area contributed by atoms with Crippen molar-refractivity contribution in [2.24, 2.45) is 4.99 Å². The summed E-state index contributed by atoms with van der Waals surface area (Å²) in [5.41, 5.74) is 1.71. The molecule has 0 aliphatic heterocycles. The van der Waals surface area contributed by atoms with E-state index in [0.717, 1.165) is 6.07 Å².